The smallest absolute Gasteiger partial charge is 0.317 e. The summed E-state index contributed by atoms with van der Waals surface area (Å²) in [5, 5.41) is 16.2. The van der Waals surface area contributed by atoms with Gasteiger partial charge in [-0.2, -0.15) is 5.26 Å². The van der Waals surface area contributed by atoms with Crippen molar-refractivity contribution >= 4 is 28.3 Å². The minimum atomic E-state index is -0.116. The molecule has 0 saturated carbocycles. The van der Waals surface area contributed by atoms with Gasteiger partial charge in [0.15, 0.2) is 0 Å². The molecule has 168 valence electrons. The van der Waals surface area contributed by atoms with Crippen molar-refractivity contribution in [3.63, 3.8) is 0 Å². The highest BCUT2D eigenvalue weighted by Crippen LogP contribution is 2.36. The van der Waals surface area contributed by atoms with Gasteiger partial charge in [-0.3, -0.25) is 9.78 Å². The number of fused-ring (bicyclic) bond motifs is 1. The summed E-state index contributed by atoms with van der Waals surface area (Å²) in [4.78, 5) is 31.8. The van der Waals surface area contributed by atoms with Gasteiger partial charge in [-0.05, 0) is 48.1 Å². The van der Waals surface area contributed by atoms with Gasteiger partial charge in [0.05, 0.1) is 12.1 Å². The first-order chi connectivity index (χ1) is 16.1. The molecule has 0 atom stereocenters. The van der Waals surface area contributed by atoms with Crippen LogP contribution in [0.5, 0.6) is 0 Å². The number of nitrogens with zero attached hydrogens (tertiary/aromatic N) is 3. The molecular weight excluding hydrogens is 434 g/mol. The Kier molecular flexibility index (Phi) is 7.33. The van der Waals surface area contributed by atoms with E-state index in [4.69, 9.17) is 0 Å². The van der Waals surface area contributed by atoms with Crippen molar-refractivity contribution in [2.75, 3.05) is 18.4 Å². The second-order valence-corrected chi connectivity index (χ2v) is 8.97. The third-order valence-corrected chi connectivity index (χ3v) is 6.76. The quantitative estimate of drug-likeness (QED) is 0.560. The number of carbonyl (C=O) groups is 2. The van der Waals surface area contributed by atoms with Crippen LogP contribution in [0.4, 0.5) is 9.80 Å². The monoisotopic (exact) mass is 459 g/mol. The lowest BCUT2D eigenvalue weighted by Crippen LogP contribution is -2.43. The van der Waals surface area contributed by atoms with Gasteiger partial charge in [0.2, 0.25) is 5.91 Å². The molecule has 2 aromatic heterocycles. The molecule has 0 radical (unpaired) electrons. The maximum atomic E-state index is 12.6. The van der Waals surface area contributed by atoms with Crippen molar-refractivity contribution in [2.45, 2.75) is 32.2 Å². The standard InChI is InChI=1S/C25H25N5O2S/c26-16-21-20-11-15-30(25(32)28-14-10-19-8-12-27-13-9-19)17-22(20)33-24(21)29-23(31)7-6-18-4-2-1-3-5-18/h1-5,8-9,12-13H,6-7,10-11,14-15,17H2,(H,28,32)(H,29,31). The molecular formula is C25H25N5O2S. The van der Waals surface area contributed by atoms with Gasteiger partial charge in [0, 0.05) is 36.8 Å². The van der Waals surface area contributed by atoms with Crippen molar-refractivity contribution in [3.05, 3.63) is 82.0 Å². The molecule has 0 bridgehead atoms. The first kappa shape index (κ1) is 22.5. The highest BCUT2D eigenvalue weighted by molar-refractivity contribution is 7.16. The Morgan fingerprint density at radius 3 is 2.61 bits per heavy atom. The minimum absolute atomic E-state index is 0.111. The number of urea groups is 1. The molecule has 0 aliphatic carbocycles. The van der Waals surface area contributed by atoms with Crippen molar-refractivity contribution in [1.82, 2.24) is 15.2 Å². The topological polar surface area (TPSA) is 98.1 Å². The van der Waals surface area contributed by atoms with E-state index in [1.165, 1.54) is 11.3 Å². The summed E-state index contributed by atoms with van der Waals surface area (Å²) in [6, 6.07) is 15.8. The number of pyridine rings is 1. The Labute approximate surface area is 197 Å². The fourth-order valence-electron chi connectivity index (χ4n) is 3.85. The van der Waals surface area contributed by atoms with E-state index in [1.54, 1.807) is 17.3 Å². The number of nitrogens with one attached hydrogen (secondary N) is 2. The average molecular weight is 460 g/mol. The van der Waals surface area contributed by atoms with Gasteiger partial charge >= 0.3 is 6.03 Å². The van der Waals surface area contributed by atoms with Crippen LogP contribution in [0.2, 0.25) is 0 Å². The van der Waals surface area contributed by atoms with E-state index in [0.717, 1.165) is 28.0 Å². The molecule has 3 amide bonds. The fourth-order valence-corrected chi connectivity index (χ4v) is 5.08. The predicted octanol–water partition coefficient (Wildman–Crippen LogP) is 3.90. The summed E-state index contributed by atoms with van der Waals surface area (Å²) in [5.41, 5.74) is 3.70. The Morgan fingerprint density at radius 1 is 1.09 bits per heavy atom. The van der Waals surface area contributed by atoms with Gasteiger partial charge in [0.1, 0.15) is 11.1 Å². The molecule has 3 aromatic rings. The highest BCUT2D eigenvalue weighted by atomic mass is 32.1. The van der Waals surface area contributed by atoms with Crippen molar-refractivity contribution in [3.8, 4) is 6.07 Å². The molecule has 0 saturated heterocycles. The second-order valence-electron chi connectivity index (χ2n) is 7.86. The Morgan fingerprint density at radius 2 is 1.85 bits per heavy atom. The molecule has 0 unspecified atom stereocenters. The SMILES string of the molecule is N#Cc1c(NC(=O)CCc2ccccc2)sc2c1CCN(C(=O)NCCc1ccncc1)C2. The van der Waals surface area contributed by atoms with Gasteiger partial charge in [0.25, 0.3) is 0 Å². The molecule has 7 nitrogen and oxygen atoms in total. The summed E-state index contributed by atoms with van der Waals surface area (Å²) >= 11 is 1.40. The van der Waals surface area contributed by atoms with Crippen LogP contribution in [0.25, 0.3) is 0 Å². The Balaban J connectivity index is 1.33. The zero-order valence-electron chi connectivity index (χ0n) is 18.2. The molecule has 33 heavy (non-hydrogen) atoms. The summed E-state index contributed by atoms with van der Waals surface area (Å²) in [6.07, 6.45) is 5.82. The largest absolute Gasteiger partial charge is 0.338 e. The van der Waals surface area contributed by atoms with Gasteiger partial charge in [-0.25, -0.2) is 4.79 Å². The van der Waals surface area contributed by atoms with Crippen LogP contribution in [0.3, 0.4) is 0 Å². The van der Waals surface area contributed by atoms with Crippen molar-refractivity contribution in [2.24, 2.45) is 0 Å². The zero-order chi connectivity index (χ0) is 23.0. The van der Waals surface area contributed by atoms with Crippen molar-refractivity contribution < 1.29 is 9.59 Å². The Bertz CT molecular complexity index is 1150. The van der Waals surface area contributed by atoms with E-state index in [1.807, 2.05) is 42.5 Å². The minimum Gasteiger partial charge on any atom is -0.338 e. The van der Waals surface area contributed by atoms with E-state index >= 15 is 0 Å². The molecule has 3 heterocycles. The maximum absolute atomic E-state index is 12.6. The first-order valence-electron chi connectivity index (χ1n) is 10.9. The third kappa shape index (κ3) is 5.76. The molecule has 1 aromatic carbocycles. The number of aromatic nitrogens is 1. The Hall–Kier alpha value is -3.70. The number of thiophene rings is 1. The second kappa shape index (κ2) is 10.7. The fraction of sp³-hybridized carbons (Fsp3) is 0.280. The number of benzene rings is 1. The van der Waals surface area contributed by atoms with Crippen LogP contribution in [0.1, 0.15) is 33.6 Å². The van der Waals surface area contributed by atoms with E-state index < -0.39 is 0 Å². The summed E-state index contributed by atoms with van der Waals surface area (Å²) in [6.45, 7) is 1.53. The summed E-state index contributed by atoms with van der Waals surface area (Å²) in [7, 11) is 0. The lowest BCUT2D eigenvalue weighted by molar-refractivity contribution is -0.116. The maximum Gasteiger partial charge on any atom is 0.317 e. The van der Waals surface area contributed by atoms with Gasteiger partial charge in [-0.1, -0.05) is 30.3 Å². The van der Waals surface area contributed by atoms with Crippen LogP contribution in [0, 0.1) is 11.3 Å². The molecule has 1 aliphatic heterocycles. The van der Waals surface area contributed by atoms with Crippen LogP contribution < -0.4 is 10.6 Å². The molecule has 0 fully saturated rings. The van der Waals surface area contributed by atoms with E-state index in [9.17, 15) is 14.9 Å². The van der Waals surface area contributed by atoms with Crippen LogP contribution in [0.15, 0.2) is 54.9 Å². The lowest BCUT2D eigenvalue weighted by atomic mass is 10.0. The molecule has 4 rings (SSSR count). The number of amides is 3. The number of rotatable bonds is 7. The summed E-state index contributed by atoms with van der Waals surface area (Å²) in [5.74, 6) is -0.111. The molecule has 2 N–H and O–H groups in total. The number of carbonyl (C=O) groups excluding carboxylic acids is 2. The number of hydrogen-bond acceptors (Lipinski definition) is 5. The van der Waals surface area contributed by atoms with E-state index in [-0.39, 0.29) is 11.9 Å². The first-order valence-corrected chi connectivity index (χ1v) is 11.8. The number of nitriles is 1. The summed E-state index contributed by atoms with van der Waals surface area (Å²) < 4.78 is 0. The number of anilines is 1. The number of hydrogen-bond donors (Lipinski definition) is 2. The number of aryl methyl sites for hydroxylation is 1. The van der Waals surface area contributed by atoms with Gasteiger partial charge < -0.3 is 15.5 Å². The van der Waals surface area contributed by atoms with E-state index in [2.05, 4.69) is 21.7 Å². The highest BCUT2D eigenvalue weighted by Gasteiger charge is 2.27. The molecule has 1 aliphatic rings. The average Bonchev–Trinajstić information content (AvgIpc) is 3.20. The molecule has 0 spiro atoms. The normalized spacial score (nSPS) is 12.5. The lowest BCUT2D eigenvalue weighted by Gasteiger charge is -2.27. The third-order valence-electron chi connectivity index (χ3n) is 5.63. The zero-order valence-corrected chi connectivity index (χ0v) is 19.0. The van der Waals surface area contributed by atoms with Crippen LogP contribution in [-0.2, 0) is 30.6 Å². The predicted molar refractivity (Wildman–Crippen MR) is 128 cm³/mol. The van der Waals surface area contributed by atoms with Crippen molar-refractivity contribution in [1.29, 1.82) is 5.26 Å². The van der Waals surface area contributed by atoms with Gasteiger partial charge in [-0.15, -0.1) is 11.3 Å². The van der Waals surface area contributed by atoms with Crippen LogP contribution >= 0.6 is 11.3 Å². The van der Waals surface area contributed by atoms with Crippen LogP contribution in [-0.4, -0.2) is 34.9 Å². The van der Waals surface area contributed by atoms with E-state index in [0.29, 0.717) is 49.5 Å². The molecule has 8 heteroatoms.